The van der Waals surface area contributed by atoms with Crippen LogP contribution in [0.2, 0.25) is 0 Å². The molecule has 3 aromatic rings. The highest BCUT2D eigenvalue weighted by molar-refractivity contribution is 5.99. The molecule has 25 heavy (non-hydrogen) atoms. The molecule has 5 heteroatoms. The number of carbonyl (C=O) groups is 2. The molecule has 2 N–H and O–H groups in total. The third kappa shape index (κ3) is 4.57. The van der Waals surface area contributed by atoms with E-state index in [1.165, 1.54) is 0 Å². The first-order valence-corrected chi connectivity index (χ1v) is 7.95. The first kappa shape index (κ1) is 16.5. The molecular formula is C20H18N2O3. The van der Waals surface area contributed by atoms with Gasteiger partial charge < -0.3 is 15.1 Å². The summed E-state index contributed by atoms with van der Waals surface area (Å²) < 4.78 is 5.18. The molecule has 1 heterocycles. The second kappa shape index (κ2) is 7.97. The van der Waals surface area contributed by atoms with Crippen molar-refractivity contribution in [2.24, 2.45) is 0 Å². The van der Waals surface area contributed by atoms with Crippen LogP contribution in [0, 0.1) is 0 Å². The Labute approximate surface area is 145 Å². The molecule has 5 nitrogen and oxygen atoms in total. The predicted octanol–water partition coefficient (Wildman–Crippen LogP) is 3.14. The quantitative estimate of drug-likeness (QED) is 0.727. The van der Waals surface area contributed by atoms with Crippen LogP contribution in [0.4, 0.5) is 0 Å². The maximum Gasteiger partial charge on any atom is 0.251 e. The van der Waals surface area contributed by atoms with Crippen molar-refractivity contribution in [3.8, 4) is 0 Å². The van der Waals surface area contributed by atoms with Gasteiger partial charge in [0.1, 0.15) is 5.76 Å². The molecular weight excluding hydrogens is 316 g/mol. The third-order valence-electron chi connectivity index (χ3n) is 3.69. The highest BCUT2D eigenvalue weighted by Gasteiger charge is 2.10. The van der Waals surface area contributed by atoms with Gasteiger partial charge in [-0.15, -0.1) is 0 Å². The molecule has 1 aromatic heterocycles. The van der Waals surface area contributed by atoms with Crippen LogP contribution in [0.5, 0.6) is 0 Å². The van der Waals surface area contributed by atoms with Crippen molar-refractivity contribution in [3.63, 3.8) is 0 Å². The Kier molecular flexibility index (Phi) is 5.26. The summed E-state index contributed by atoms with van der Waals surface area (Å²) >= 11 is 0. The summed E-state index contributed by atoms with van der Waals surface area (Å²) in [6.45, 7) is 0.741. The first-order chi connectivity index (χ1) is 12.2. The lowest BCUT2D eigenvalue weighted by molar-refractivity contribution is 0.0948. The summed E-state index contributed by atoms with van der Waals surface area (Å²) in [4.78, 5) is 24.5. The maximum absolute atomic E-state index is 12.3. The van der Waals surface area contributed by atoms with E-state index in [-0.39, 0.29) is 11.8 Å². The van der Waals surface area contributed by atoms with E-state index in [1.807, 2.05) is 30.3 Å². The van der Waals surface area contributed by atoms with Gasteiger partial charge in [0.25, 0.3) is 11.8 Å². The number of furan rings is 1. The first-order valence-electron chi connectivity index (χ1n) is 7.95. The number of benzene rings is 2. The van der Waals surface area contributed by atoms with Gasteiger partial charge in [-0.05, 0) is 35.9 Å². The van der Waals surface area contributed by atoms with Crippen molar-refractivity contribution in [2.75, 3.05) is 0 Å². The van der Waals surface area contributed by atoms with Crippen LogP contribution in [0.1, 0.15) is 32.0 Å². The molecule has 3 rings (SSSR count). The Morgan fingerprint density at radius 2 is 1.44 bits per heavy atom. The molecule has 0 unspecified atom stereocenters. The molecule has 0 aliphatic heterocycles. The minimum Gasteiger partial charge on any atom is -0.467 e. The molecule has 2 amide bonds. The summed E-state index contributed by atoms with van der Waals surface area (Å²) in [5, 5.41) is 5.61. The van der Waals surface area contributed by atoms with E-state index in [4.69, 9.17) is 4.42 Å². The minimum absolute atomic E-state index is 0.218. The fourth-order valence-electron chi connectivity index (χ4n) is 2.36. The topological polar surface area (TPSA) is 71.3 Å². The summed E-state index contributed by atoms with van der Waals surface area (Å²) in [5.74, 6) is 0.198. The van der Waals surface area contributed by atoms with Crippen molar-refractivity contribution < 1.29 is 14.0 Å². The van der Waals surface area contributed by atoms with Crippen LogP contribution < -0.4 is 10.6 Å². The lowest BCUT2D eigenvalue weighted by Crippen LogP contribution is -2.25. The highest BCUT2D eigenvalue weighted by Crippen LogP contribution is 2.07. The summed E-state index contributed by atoms with van der Waals surface area (Å²) in [6, 6.07) is 19.8. The molecule has 0 aliphatic rings. The Balaban J connectivity index is 1.60. The highest BCUT2D eigenvalue weighted by atomic mass is 16.3. The largest absolute Gasteiger partial charge is 0.467 e. The number of carbonyl (C=O) groups excluding carboxylic acids is 2. The van der Waals surface area contributed by atoms with Crippen LogP contribution in [-0.2, 0) is 13.1 Å². The van der Waals surface area contributed by atoms with E-state index < -0.39 is 0 Å². The van der Waals surface area contributed by atoms with E-state index in [2.05, 4.69) is 10.6 Å². The third-order valence-corrected chi connectivity index (χ3v) is 3.69. The van der Waals surface area contributed by atoms with Gasteiger partial charge in [0.15, 0.2) is 0 Å². The zero-order chi connectivity index (χ0) is 17.5. The van der Waals surface area contributed by atoms with Gasteiger partial charge in [-0.2, -0.15) is 0 Å². The number of nitrogens with one attached hydrogen (secondary N) is 2. The molecule has 0 aliphatic carbocycles. The maximum atomic E-state index is 12.3. The zero-order valence-corrected chi connectivity index (χ0v) is 13.6. The Morgan fingerprint density at radius 1 is 0.760 bits per heavy atom. The summed E-state index contributed by atoms with van der Waals surface area (Å²) in [7, 11) is 0. The van der Waals surface area contributed by atoms with Crippen molar-refractivity contribution in [3.05, 3.63) is 95.4 Å². The molecule has 0 atom stereocenters. The van der Waals surface area contributed by atoms with E-state index in [0.717, 1.165) is 5.56 Å². The predicted molar refractivity (Wildman–Crippen MR) is 93.9 cm³/mol. The molecule has 0 saturated heterocycles. The fourth-order valence-corrected chi connectivity index (χ4v) is 2.36. The lowest BCUT2D eigenvalue weighted by Gasteiger charge is -2.08. The Bertz CT molecular complexity index is 842. The van der Waals surface area contributed by atoms with Crippen molar-refractivity contribution in [1.82, 2.24) is 10.6 Å². The molecule has 0 radical (unpaired) electrons. The van der Waals surface area contributed by atoms with Gasteiger partial charge in [0, 0.05) is 17.7 Å². The number of hydrogen-bond donors (Lipinski definition) is 2. The minimum atomic E-state index is -0.255. The second-order valence-corrected chi connectivity index (χ2v) is 5.51. The molecule has 0 spiro atoms. The number of amides is 2. The molecule has 0 bridgehead atoms. The standard InChI is InChI=1S/C20H18N2O3/c23-19(21-13-15-6-2-1-3-7-15)16-8-4-9-17(12-16)20(24)22-14-18-10-5-11-25-18/h1-12H,13-14H2,(H,21,23)(H,22,24). The van der Waals surface area contributed by atoms with Crippen LogP contribution in [0.3, 0.4) is 0 Å². The monoisotopic (exact) mass is 334 g/mol. The normalized spacial score (nSPS) is 10.2. The van der Waals surface area contributed by atoms with Crippen LogP contribution >= 0.6 is 0 Å². The van der Waals surface area contributed by atoms with Gasteiger partial charge in [0.2, 0.25) is 0 Å². The van der Waals surface area contributed by atoms with E-state index in [1.54, 1.807) is 42.7 Å². The van der Waals surface area contributed by atoms with Crippen molar-refractivity contribution >= 4 is 11.8 Å². The molecule has 126 valence electrons. The Hall–Kier alpha value is -3.34. The lowest BCUT2D eigenvalue weighted by atomic mass is 10.1. The summed E-state index contributed by atoms with van der Waals surface area (Å²) in [5.41, 5.74) is 1.89. The molecule has 2 aromatic carbocycles. The second-order valence-electron chi connectivity index (χ2n) is 5.51. The van der Waals surface area contributed by atoms with Gasteiger partial charge in [-0.25, -0.2) is 0 Å². The van der Waals surface area contributed by atoms with E-state index >= 15 is 0 Å². The average molecular weight is 334 g/mol. The van der Waals surface area contributed by atoms with Crippen LogP contribution in [0.15, 0.2) is 77.4 Å². The fraction of sp³-hybridized carbons (Fsp3) is 0.100. The van der Waals surface area contributed by atoms with Gasteiger partial charge in [-0.1, -0.05) is 36.4 Å². The van der Waals surface area contributed by atoms with Crippen LogP contribution in [0.25, 0.3) is 0 Å². The van der Waals surface area contributed by atoms with Crippen molar-refractivity contribution in [2.45, 2.75) is 13.1 Å². The molecule has 0 saturated carbocycles. The van der Waals surface area contributed by atoms with Gasteiger partial charge in [-0.3, -0.25) is 9.59 Å². The average Bonchev–Trinajstić information content (AvgIpc) is 3.18. The van der Waals surface area contributed by atoms with Gasteiger partial charge in [0.05, 0.1) is 12.8 Å². The van der Waals surface area contributed by atoms with E-state index in [9.17, 15) is 9.59 Å². The summed E-state index contributed by atoms with van der Waals surface area (Å²) in [6.07, 6.45) is 1.55. The van der Waals surface area contributed by atoms with Crippen LogP contribution in [-0.4, -0.2) is 11.8 Å². The number of hydrogen-bond acceptors (Lipinski definition) is 3. The van der Waals surface area contributed by atoms with Crippen molar-refractivity contribution in [1.29, 1.82) is 0 Å². The Morgan fingerprint density at radius 3 is 2.08 bits per heavy atom. The van der Waals surface area contributed by atoms with Gasteiger partial charge >= 0.3 is 0 Å². The van der Waals surface area contributed by atoms with E-state index in [0.29, 0.717) is 30.0 Å². The number of rotatable bonds is 6. The smallest absolute Gasteiger partial charge is 0.251 e. The molecule has 0 fully saturated rings. The zero-order valence-electron chi connectivity index (χ0n) is 13.6. The SMILES string of the molecule is O=C(NCc1ccccc1)c1cccc(C(=O)NCc2ccco2)c1.